The van der Waals surface area contributed by atoms with E-state index in [9.17, 15) is 12.8 Å². The first-order chi connectivity index (χ1) is 17.2. The summed E-state index contributed by atoms with van der Waals surface area (Å²) in [4.78, 5) is 8.62. The van der Waals surface area contributed by atoms with Crippen LogP contribution in [-0.4, -0.2) is 63.7 Å². The van der Waals surface area contributed by atoms with Crippen LogP contribution in [0.5, 0.6) is 0 Å². The average Bonchev–Trinajstić information content (AvgIpc) is 3.07. The van der Waals surface area contributed by atoms with Crippen molar-refractivity contribution in [1.82, 2.24) is 24.6 Å². The number of anilines is 1. The molecule has 11 heteroatoms. The second-order valence-corrected chi connectivity index (χ2v) is 13.5. The van der Waals surface area contributed by atoms with E-state index < -0.39 is 9.84 Å². The standard InChI is InChI=1S/C25H26ClFN6O2S/c1-15-2-4-20(27)24(28-15)32-13-25(14-32)7-17(8-25)23-30-29-22-10-31(19-11-36(34,35)12-19)9-16-6-18(26)3-5-21(16)33(22)23/h2-6,17,19H,7-14H2,1H3. The van der Waals surface area contributed by atoms with Gasteiger partial charge in [0.25, 0.3) is 0 Å². The van der Waals surface area contributed by atoms with Gasteiger partial charge in [0.05, 0.1) is 23.7 Å². The van der Waals surface area contributed by atoms with E-state index in [1.165, 1.54) is 6.07 Å². The van der Waals surface area contributed by atoms with E-state index in [1.807, 2.05) is 30.0 Å². The molecule has 0 amide bonds. The van der Waals surface area contributed by atoms with Crippen LogP contribution in [0.4, 0.5) is 10.2 Å². The minimum absolute atomic E-state index is 0.0166. The van der Waals surface area contributed by atoms with E-state index >= 15 is 0 Å². The van der Waals surface area contributed by atoms with Crippen LogP contribution < -0.4 is 4.90 Å². The fourth-order valence-corrected chi connectivity index (χ4v) is 8.10. The maximum absolute atomic E-state index is 14.3. The summed E-state index contributed by atoms with van der Waals surface area (Å²) in [5, 5.41) is 9.84. The fraction of sp³-hybridized carbons (Fsp3) is 0.480. The Bertz CT molecular complexity index is 1480. The van der Waals surface area contributed by atoms with Crippen LogP contribution in [0.15, 0.2) is 30.3 Å². The van der Waals surface area contributed by atoms with Crippen molar-refractivity contribution in [2.75, 3.05) is 29.5 Å². The topological polar surface area (TPSA) is 84.2 Å². The Morgan fingerprint density at radius 1 is 1.08 bits per heavy atom. The Kier molecular flexibility index (Phi) is 4.85. The highest BCUT2D eigenvalue weighted by atomic mass is 35.5. The average molecular weight is 529 g/mol. The zero-order valence-corrected chi connectivity index (χ0v) is 21.4. The Hall–Kier alpha value is -2.56. The number of hydrogen-bond acceptors (Lipinski definition) is 7. The van der Waals surface area contributed by atoms with Gasteiger partial charge in [-0.1, -0.05) is 11.6 Å². The molecular formula is C25H26ClFN6O2S. The Morgan fingerprint density at radius 2 is 1.86 bits per heavy atom. The van der Waals surface area contributed by atoms with Gasteiger partial charge in [0.1, 0.15) is 5.82 Å². The van der Waals surface area contributed by atoms with E-state index in [1.54, 1.807) is 6.07 Å². The van der Waals surface area contributed by atoms with Crippen LogP contribution in [-0.2, 0) is 22.9 Å². The number of aromatic nitrogens is 4. The molecule has 1 aromatic carbocycles. The lowest BCUT2D eigenvalue weighted by Crippen LogP contribution is -2.62. The Balaban J connectivity index is 1.14. The fourth-order valence-electron chi connectivity index (χ4n) is 6.41. The molecule has 0 N–H and O–H groups in total. The maximum atomic E-state index is 14.3. The zero-order valence-electron chi connectivity index (χ0n) is 19.9. The molecule has 3 fully saturated rings. The molecular weight excluding hydrogens is 503 g/mol. The molecule has 0 atom stereocenters. The molecule has 1 aliphatic carbocycles. The molecule has 2 aromatic heterocycles. The normalized spacial score (nSPS) is 22.8. The lowest BCUT2D eigenvalue weighted by Gasteiger charge is -2.59. The molecule has 36 heavy (non-hydrogen) atoms. The number of benzene rings is 1. The zero-order chi connectivity index (χ0) is 24.8. The number of sulfone groups is 1. The molecule has 0 radical (unpaired) electrons. The predicted octanol–water partition coefficient (Wildman–Crippen LogP) is 3.26. The molecule has 0 bridgehead atoms. The number of hydrogen-bond donors (Lipinski definition) is 0. The summed E-state index contributed by atoms with van der Waals surface area (Å²) in [6.07, 6.45) is 1.95. The van der Waals surface area contributed by atoms with Crippen LogP contribution in [0.3, 0.4) is 0 Å². The van der Waals surface area contributed by atoms with Crippen molar-refractivity contribution in [2.24, 2.45) is 5.41 Å². The minimum Gasteiger partial charge on any atom is -0.353 e. The van der Waals surface area contributed by atoms with Crippen molar-refractivity contribution in [3.63, 3.8) is 0 Å². The number of fused-ring (bicyclic) bond motifs is 3. The van der Waals surface area contributed by atoms with Gasteiger partial charge in [-0.2, -0.15) is 0 Å². The lowest BCUT2D eigenvalue weighted by molar-refractivity contribution is 0.0575. The van der Waals surface area contributed by atoms with Crippen molar-refractivity contribution in [2.45, 2.75) is 44.8 Å². The van der Waals surface area contributed by atoms with E-state index in [2.05, 4.69) is 24.6 Å². The highest BCUT2D eigenvalue weighted by molar-refractivity contribution is 7.92. The monoisotopic (exact) mass is 528 g/mol. The van der Waals surface area contributed by atoms with Gasteiger partial charge in [-0.05, 0) is 55.7 Å². The summed E-state index contributed by atoms with van der Waals surface area (Å²) in [6.45, 7) is 4.65. The molecule has 1 spiro atoms. The van der Waals surface area contributed by atoms with E-state index in [-0.39, 0.29) is 34.7 Å². The number of pyridine rings is 1. The van der Waals surface area contributed by atoms with E-state index in [0.29, 0.717) is 23.9 Å². The van der Waals surface area contributed by atoms with Crippen LogP contribution in [0.2, 0.25) is 5.02 Å². The van der Waals surface area contributed by atoms with Crippen molar-refractivity contribution < 1.29 is 12.8 Å². The largest absolute Gasteiger partial charge is 0.353 e. The van der Waals surface area contributed by atoms with Gasteiger partial charge < -0.3 is 4.90 Å². The van der Waals surface area contributed by atoms with Crippen LogP contribution in [0.1, 0.15) is 41.7 Å². The third kappa shape index (κ3) is 3.56. The van der Waals surface area contributed by atoms with Gasteiger partial charge >= 0.3 is 0 Å². The number of aryl methyl sites for hydroxylation is 1. The molecule has 8 nitrogen and oxygen atoms in total. The molecule has 5 heterocycles. The van der Waals surface area contributed by atoms with E-state index in [0.717, 1.165) is 54.5 Å². The van der Waals surface area contributed by atoms with Gasteiger partial charge in [0.15, 0.2) is 27.3 Å². The van der Waals surface area contributed by atoms with Crippen LogP contribution in [0.25, 0.3) is 5.69 Å². The smallest absolute Gasteiger partial charge is 0.165 e. The third-order valence-electron chi connectivity index (χ3n) is 8.21. The second kappa shape index (κ2) is 7.72. The van der Waals surface area contributed by atoms with Gasteiger partial charge in [0.2, 0.25) is 0 Å². The number of halogens is 2. The van der Waals surface area contributed by atoms with Crippen LogP contribution in [0, 0.1) is 18.2 Å². The highest BCUT2D eigenvalue weighted by Crippen LogP contribution is 2.56. The van der Waals surface area contributed by atoms with Gasteiger partial charge in [0, 0.05) is 47.7 Å². The molecule has 0 unspecified atom stereocenters. The minimum atomic E-state index is -2.94. The van der Waals surface area contributed by atoms with E-state index in [4.69, 9.17) is 11.6 Å². The molecule has 4 aliphatic rings. The first kappa shape index (κ1) is 22.6. The Morgan fingerprint density at radius 3 is 2.61 bits per heavy atom. The first-order valence-corrected chi connectivity index (χ1v) is 14.4. The molecule has 7 rings (SSSR count). The summed E-state index contributed by atoms with van der Waals surface area (Å²) in [5.41, 5.74) is 3.05. The summed E-state index contributed by atoms with van der Waals surface area (Å²) < 4.78 is 40.2. The Labute approximate surface area is 214 Å². The van der Waals surface area contributed by atoms with Crippen molar-refractivity contribution >= 4 is 27.3 Å². The predicted molar refractivity (Wildman–Crippen MR) is 134 cm³/mol. The van der Waals surface area contributed by atoms with Crippen molar-refractivity contribution in [3.8, 4) is 5.69 Å². The lowest BCUT2D eigenvalue weighted by atomic mass is 9.57. The van der Waals surface area contributed by atoms with Crippen LogP contribution >= 0.6 is 11.6 Å². The third-order valence-corrected chi connectivity index (χ3v) is 10.2. The maximum Gasteiger partial charge on any atom is 0.165 e. The molecule has 188 valence electrons. The first-order valence-electron chi connectivity index (χ1n) is 12.2. The molecule has 3 aromatic rings. The number of rotatable bonds is 3. The van der Waals surface area contributed by atoms with Gasteiger partial charge in [-0.15, -0.1) is 10.2 Å². The highest BCUT2D eigenvalue weighted by Gasteiger charge is 2.55. The molecule has 1 saturated carbocycles. The summed E-state index contributed by atoms with van der Waals surface area (Å²) in [5.74, 6) is 2.59. The molecule has 3 aliphatic heterocycles. The summed E-state index contributed by atoms with van der Waals surface area (Å²) in [7, 11) is -2.94. The summed E-state index contributed by atoms with van der Waals surface area (Å²) in [6, 6.07) is 9.03. The second-order valence-electron chi connectivity index (χ2n) is 10.9. The quantitative estimate of drug-likeness (QED) is 0.516. The SMILES string of the molecule is Cc1ccc(F)c(N2CC3(CC(c4nnc5n4-c4ccc(Cl)cc4CN(C4CS(=O)(=O)C4)C5)C3)C2)n1. The van der Waals surface area contributed by atoms with Crippen molar-refractivity contribution in [3.05, 3.63) is 64.1 Å². The number of nitrogens with zero attached hydrogens (tertiary/aromatic N) is 6. The molecule has 2 saturated heterocycles. The summed E-state index contributed by atoms with van der Waals surface area (Å²) >= 11 is 6.35. The van der Waals surface area contributed by atoms with Crippen molar-refractivity contribution in [1.29, 1.82) is 0 Å². The van der Waals surface area contributed by atoms with Gasteiger partial charge in [-0.3, -0.25) is 9.47 Å². The van der Waals surface area contributed by atoms with Gasteiger partial charge in [-0.25, -0.2) is 17.8 Å².